The van der Waals surface area contributed by atoms with Crippen molar-refractivity contribution in [2.45, 2.75) is 23.2 Å². The molecule has 0 spiro atoms. The molecule has 1 aromatic rings. The topological polar surface area (TPSA) is 46.5 Å². The van der Waals surface area contributed by atoms with Crippen LogP contribution >= 0.6 is 0 Å². The molecule has 0 amide bonds. The van der Waals surface area contributed by atoms with Crippen LogP contribution in [0.25, 0.3) is 6.08 Å². The van der Waals surface area contributed by atoms with Gasteiger partial charge < -0.3 is 0 Å². The Morgan fingerprint density at radius 2 is 2.06 bits per heavy atom. The van der Waals surface area contributed by atoms with Crippen LogP contribution < -0.4 is 0 Å². The zero-order chi connectivity index (χ0) is 13.6. The summed E-state index contributed by atoms with van der Waals surface area (Å²) < 4.78 is 3.92. The second-order valence-corrected chi connectivity index (χ2v) is 6.65. The first-order chi connectivity index (χ1) is 8.54. The number of carbonyl (C=O) groups excluding carboxylic acids is 1. The fourth-order valence-corrected chi connectivity index (χ4v) is 2.67. The minimum absolute atomic E-state index is 0.0550. The number of benzene rings is 1. The molecule has 0 aliphatic carbocycles. The average Bonchev–Trinajstić information content (AvgIpc) is 2.43. The molecule has 4 heteroatoms. The zero-order valence-corrected chi connectivity index (χ0v) is 12.5. The van der Waals surface area contributed by atoms with E-state index >= 15 is 0 Å². The van der Waals surface area contributed by atoms with Gasteiger partial charge in [0.05, 0.1) is 0 Å². The first kappa shape index (κ1) is 15.0. The number of aliphatic hydroxyl groups excluding tert-OH is 1. The quantitative estimate of drug-likeness (QED) is 0.669. The summed E-state index contributed by atoms with van der Waals surface area (Å²) in [5.41, 5.74) is 0.993. The van der Waals surface area contributed by atoms with E-state index in [0.717, 1.165) is 5.56 Å². The molecule has 0 unspecified atom stereocenters. The SMILES string of the molecule is COC(=O)[C@@](C)([Se]C)[C@H](O)/C=C/c1ccccc1. The summed E-state index contributed by atoms with van der Waals surface area (Å²) in [5, 5.41) is 10.2. The van der Waals surface area contributed by atoms with E-state index < -0.39 is 10.4 Å². The van der Waals surface area contributed by atoms with E-state index in [2.05, 4.69) is 0 Å². The van der Waals surface area contributed by atoms with Gasteiger partial charge in [0.1, 0.15) is 0 Å². The maximum absolute atomic E-state index is 11.7. The molecule has 0 fully saturated rings. The molecule has 1 N–H and O–H groups in total. The summed E-state index contributed by atoms with van der Waals surface area (Å²) in [7, 11) is 1.35. The van der Waals surface area contributed by atoms with Crippen molar-refractivity contribution in [2.24, 2.45) is 0 Å². The second-order valence-electron chi connectivity index (χ2n) is 4.02. The molecule has 0 saturated carbocycles. The molecule has 1 aromatic carbocycles. The second kappa shape index (κ2) is 6.74. The van der Waals surface area contributed by atoms with E-state index in [4.69, 9.17) is 4.74 Å². The van der Waals surface area contributed by atoms with Crippen LogP contribution in [0, 0.1) is 0 Å². The van der Waals surface area contributed by atoms with Crippen molar-refractivity contribution in [1.82, 2.24) is 0 Å². The summed E-state index contributed by atoms with van der Waals surface area (Å²) in [6.45, 7) is 1.73. The Hall–Kier alpha value is -1.09. The normalized spacial score (nSPS) is 16.2. The number of ether oxygens (including phenoxy) is 1. The third kappa shape index (κ3) is 3.45. The van der Waals surface area contributed by atoms with Crippen LogP contribution in [0.4, 0.5) is 0 Å². The summed E-state index contributed by atoms with van der Waals surface area (Å²) in [6.07, 6.45) is 2.63. The molecule has 98 valence electrons. The Bertz CT molecular complexity index is 416. The third-order valence-corrected chi connectivity index (χ3v) is 5.49. The Morgan fingerprint density at radius 1 is 1.44 bits per heavy atom. The number of methoxy groups -OCH3 is 1. The van der Waals surface area contributed by atoms with Gasteiger partial charge in [-0.3, -0.25) is 0 Å². The molecule has 3 nitrogen and oxygen atoms in total. The third-order valence-electron chi connectivity index (χ3n) is 2.85. The molecular formula is C14H18O3Se. The summed E-state index contributed by atoms with van der Waals surface area (Å²) >= 11 is -0.0550. The number of hydrogen-bond acceptors (Lipinski definition) is 3. The predicted octanol–water partition coefficient (Wildman–Crippen LogP) is 2.16. The Labute approximate surface area is 114 Å². The average molecular weight is 313 g/mol. The van der Waals surface area contributed by atoms with Gasteiger partial charge in [-0.15, -0.1) is 0 Å². The van der Waals surface area contributed by atoms with E-state index in [1.54, 1.807) is 13.0 Å². The molecule has 0 aliphatic heterocycles. The molecule has 18 heavy (non-hydrogen) atoms. The summed E-state index contributed by atoms with van der Waals surface area (Å²) in [6, 6.07) is 9.66. The molecule has 0 heterocycles. The monoisotopic (exact) mass is 314 g/mol. The van der Waals surface area contributed by atoms with Crippen molar-refractivity contribution in [3.05, 3.63) is 42.0 Å². The molecule has 2 atom stereocenters. The Morgan fingerprint density at radius 3 is 2.56 bits per heavy atom. The van der Waals surface area contributed by atoms with E-state index in [0.29, 0.717) is 0 Å². The van der Waals surface area contributed by atoms with Crippen molar-refractivity contribution in [1.29, 1.82) is 0 Å². The van der Waals surface area contributed by atoms with Crippen LogP contribution in [0.2, 0.25) is 10.1 Å². The van der Waals surface area contributed by atoms with Gasteiger partial charge in [-0.2, -0.15) is 0 Å². The van der Waals surface area contributed by atoms with Crippen LogP contribution in [-0.4, -0.2) is 39.2 Å². The van der Waals surface area contributed by atoms with Crippen molar-refractivity contribution in [3.63, 3.8) is 0 Å². The van der Waals surface area contributed by atoms with Crippen LogP contribution in [-0.2, 0) is 9.53 Å². The summed E-state index contributed by atoms with van der Waals surface area (Å²) in [4.78, 5) is 11.7. The number of aliphatic hydroxyl groups is 1. The van der Waals surface area contributed by atoms with E-state index in [1.807, 2.05) is 42.2 Å². The first-order valence-corrected chi connectivity index (χ1v) is 8.16. The molecule has 0 aliphatic rings. The van der Waals surface area contributed by atoms with Gasteiger partial charge >= 0.3 is 114 Å². The molecule has 0 saturated heterocycles. The standard InChI is InChI=1S/C14H18O3Se/c1-14(18-3,13(16)17-2)12(15)10-9-11-7-5-4-6-8-11/h4-10,12,15H,1-3H3/b10-9+/t12-,14+/m1/s1. The van der Waals surface area contributed by atoms with E-state index in [9.17, 15) is 9.90 Å². The van der Waals surface area contributed by atoms with E-state index in [-0.39, 0.29) is 20.9 Å². The van der Waals surface area contributed by atoms with Gasteiger partial charge in [0.15, 0.2) is 0 Å². The van der Waals surface area contributed by atoms with Crippen molar-refractivity contribution >= 4 is 27.0 Å². The maximum atomic E-state index is 11.7. The Kier molecular flexibility index (Phi) is 5.60. The van der Waals surface area contributed by atoms with Gasteiger partial charge in [0.2, 0.25) is 0 Å². The van der Waals surface area contributed by atoms with Crippen molar-refractivity contribution in [2.75, 3.05) is 7.11 Å². The van der Waals surface area contributed by atoms with Crippen molar-refractivity contribution < 1.29 is 14.6 Å². The number of carbonyl (C=O) groups is 1. The Balaban J connectivity index is 2.83. The zero-order valence-electron chi connectivity index (χ0n) is 10.8. The predicted molar refractivity (Wildman–Crippen MR) is 73.5 cm³/mol. The van der Waals surface area contributed by atoms with Gasteiger partial charge in [-0.1, -0.05) is 0 Å². The van der Waals surface area contributed by atoms with Crippen LogP contribution in [0.1, 0.15) is 12.5 Å². The first-order valence-electron chi connectivity index (χ1n) is 5.59. The fourth-order valence-electron chi connectivity index (χ4n) is 1.48. The number of rotatable bonds is 5. The van der Waals surface area contributed by atoms with Crippen molar-refractivity contribution in [3.8, 4) is 0 Å². The molecule has 0 aromatic heterocycles. The molecule has 1 rings (SSSR count). The minimum atomic E-state index is -0.840. The number of hydrogen-bond donors (Lipinski definition) is 1. The van der Waals surface area contributed by atoms with Gasteiger partial charge in [0.25, 0.3) is 0 Å². The summed E-state index contributed by atoms with van der Waals surface area (Å²) in [5.74, 6) is 1.55. The van der Waals surface area contributed by atoms with Crippen LogP contribution in [0.15, 0.2) is 36.4 Å². The van der Waals surface area contributed by atoms with Gasteiger partial charge in [0, 0.05) is 0 Å². The molecule has 0 bridgehead atoms. The van der Waals surface area contributed by atoms with Crippen LogP contribution in [0.3, 0.4) is 0 Å². The van der Waals surface area contributed by atoms with Crippen LogP contribution in [0.5, 0.6) is 0 Å². The van der Waals surface area contributed by atoms with Gasteiger partial charge in [-0.05, 0) is 0 Å². The van der Waals surface area contributed by atoms with Gasteiger partial charge in [-0.25, -0.2) is 0 Å². The molecular weight excluding hydrogens is 295 g/mol. The number of esters is 1. The molecule has 0 radical (unpaired) electrons. The fraction of sp³-hybridized carbons (Fsp3) is 0.357. The van der Waals surface area contributed by atoms with E-state index in [1.165, 1.54) is 7.11 Å².